The minimum absolute atomic E-state index is 0.0769. The number of carbonyl (C=O) groups excluding carboxylic acids is 2. The van der Waals surface area contributed by atoms with Gasteiger partial charge in [0, 0.05) is 24.5 Å². The number of halogens is 1. The highest BCUT2D eigenvalue weighted by molar-refractivity contribution is 9.10. The molecule has 0 spiro atoms. The standard InChI is InChI=1S/C33H34BrN3O4S/c1-24-15-17-30(18-16-24)42(40,41)37(29-14-7-9-25(2)19-29)23-32(38)36(22-27-12-8-13-28(34)20-27)31(33(39)35-3)21-26-10-5-4-6-11-26/h4-20,31H,21-23H2,1-3H3,(H,35,39). The van der Waals surface area contributed by atoms with Crippen molar-refractivity contribution in [1.82, 2.24) is 10.2 Å². The minimum atomic E-state index is -4.13. The first-order valence-corrected chi connectivity index (χ1v) is 15.8. The highest BCUT2D eigenvalue weighted by atomic mass is 79.9. The molecule has 42 heavy (non-hydrogen) atoms. The number of carbonyl (C=O) groups is 2. The Labute approximate surface area is 256 Å². The van der Waals surface area contributed by atoms with Crippen LogP contribution in [0, 0.1) is 13.8 Å². The van der Waals surface area contributed by atoms with Crippen LogP contribution in [-0.4, -0.2) is 44.8 Å². The summed E-state index contributed by atoms with van der Waals surface area (Å²) in [5.74, 6) is -0.845. The molecule has 0 saturated heterocycles. The maximum Gasteiger partial charge on any atom is 0.264 e. The number of anilines is 1. The number of nitrogens with zero attached hydrogens (tertiary/aromatic N) is 2. The fourth-order valence-corrected chi connectivity index (χ4v) is 6.55. The van der Waals surface area contributed by atoms with Crippen LogP contribution in [0.15, 0.2) is 112 Å². The number of hydrogen-bond acceptors (Lipinski definition) is 4. The van der Waals surface area contributed by atoms with E-state index < -0.39 is 28.5 Å². The molecule has 0 radical (unpaired) electrons. The lowest BCUT2D eigenvalue weighted by Crippen LogP contribution is -2.53. The van der Waals surface area contributed by atoms with Gasteiger partial charge in [-0.25, -0.2) is 8.42 Å². The summed E-state index contributed by atoms with van der Waals surface area (Å²) in [5, 5.41) is 2.70. The molecule has 0 fully saturated rings. The Bertz CT molecular complexity index is 1640. The van der Waals surface area contributed by atoms with Crippen molar-refractivity contribution in [2.75, 3.05) is 17.9 Å². The van der Waals surface area contributed by atoms with Gasteiger partial charge in [0.15, 0.2) is 0 Å². The molecule has 7 nitrogen and oxygen atoms in total. The molecule has 4 aromatic carbocycles. The largest absolute Gasteiger partial charge is 0.357 e. The first-order valence-electron chi connectivity index (χ1n) is 13.5. The van der Waals surface area contributed by atoms with Gasteiger partial charge in [0.25, 0.3) is 10.0 Å². The third-order valence-corrected chi connectivity index (χ3v) is 9.22. The molecular weight excluding hydrogens is 614 g/mol. The van der Waals surface area contributed by atoms with Gasteiger partial charge in [-0.15, -0.1) is 0 Å². The van der Waals surface area contributed by atoms with Crippen LogP contribution in [0.2, 0.25) is 0 Å². The molecule has 0 aliphatic rings. The Balaban J connectivity index is 1.79. The first-order chi connectivity index (χ1) is 20.1. The third kappa shape index (κ3) is 7.66. The van der Waals surface area contributed by atoms with Crippen molar-refractivity contribution in [3.63, 3.8) is 0 Å². The number of hydrogen-bond donors (Lipinski definition) is 1. The maximum atomic E-state index is 14.3. The molecule has 0 heterocycles. The molecule has 1 atom stereocenters. The van der Waals surface area contributed by atoms with E-state index >= 15 is 0 Å². The molecular formula is C33H34BrN3O4S. The van der Waals surface area contributed by atoms with E-state index in [9.17, 15) is 18.0 Å². The van der Waals surface area contributed by atoms with Crippen LogP contribution < -0.4 is 9.62 Å². The Morgan fingerprint density at radius 1 is 0.810 bits per heavy atom. The van der Waals surface area contributed by atoms with E-state index in [4.69, 9.17) is 0 Å². The number of rotatable bonds is 11. The van der Waals surface area contributed by atoms with Crippen molar-refractivity contribution in [1.29, 1.82) is 0 Å². The van der Waals surface area contributed by atoms with Crippen molar-refractivity contribution in [2.45, 2.75) is 37.8 Å². The zero-order valence-corrected chi connectivity index (χ0v) is 26.2. The minimum Gasteiger partial charge on any atom is -0.357 e. The average molecular weight is 649 g/mol. The van der Waals surface area contributed by atoms with Crippen LogP contribution in [0.1, 0.15) is 22.3 Å². The molecule has 0 aromatic heterocycles. The second kappa shape index (κ2) is 13.8. The molecule has 218 valence electrons. The normalized spacial score (nSPS) is 11.9. The second-order valence-electron chi connectivity index (χ2n) is 10.1. The summed E-state index contributed by atoms with van der Waals surface area (Å²) in [5.41, 5.74) is 3.80. The lowest BCUT2D eigenvalue weighted by molar-refractivity contribution is -0.139. The van der Waals surface area contributed by atoms with Gasteiger partial charge in [-0.1, -0.05) is 88.2 Å². The Morgan fingerprint density at radius 3 is 2.12 bits per heavy atom. The topological polar surface area (TPSA) is 86.8 Å². The summed E-state index contributed by atoms with van der Waals surface area (Å²) in [4.78, 5) is 29.2. The van der Waals surface area contributed by atoms with E-state index in [1.165, 1.54) is 11.9 Å². The predicted molar refractivity (Wildman–Crippen MR) is 170 cm³/mol. The number of sulfonamides is 1. The van der Waals surface area contributed by atoms with Gasteiger partial charge in [-0.05, 0) is 66.9 Å². The monoisotopic (exact) mass is 647 g/mol. The number of aryl methyl sites for hydroxylation is 2. The summed E-state index contributed by atoms with van der Waals surface area (Å²) >= 11 is 3.49. The van der Waals surface area contributed by atoms with Crippen LogP contribution in [0.3, 0.4) is 0 Å². The van der Waals surface area contributed by atoms with Crippen molar-refractivity contribution < 1.29 is 18.0 Å². The molecule has 0 bridgehead atoms. The predicted octanol–water partition coefficient (Wildman–Crippen LogP) is 5.65. The van der Waals surface area contributed by atoms with E-state index in [2.05, 4.69) is 21.2 Å². The molecule has 4 aromatic rings. The summed E-state index contributed by atoms with van der Waals surface area (Å²) in [6.07, 6.45) is 0.259. The van der Waals surface area contributed by atoms with Crippen molar-refractivity contribution in [3.8, 4) is 0 Å². The van der Waals surface area contributed by atoms with E-state index in [-0.39, 0.29) is 23.8 Å². The number of amides is 2. The fraction of sp³-hybridized carbons (Fsp3) is 0.212. The van der Waals surface area contributed by atoms with Crippen LogP contribution in [0.25, 0.3) is 0 Å². The van der Waals surface area contributed by atoms with Crippen LogP contribution >= 0.6 is 15.9 Å². The van der Waals surface area contributed by atoms with Gasteiger partial charge < -0.3 is 10.2 Å². The van der Waals surface area contributed by atoms with Gasteiger partial charge in [0.1, 0.15) is 12.6 Å². The molecule has 1 N–H and O–H groups in total. The van der Waals surface area contributed by atoms with Crippen molar-refractivity contribution in [2.24, 2.45) is 0 Å². The van der Waals surface area contributed by atoms with Crippen LogP contribution in [0.4, 0.5) is 5.69 Å². The molecule has 9 heteroatoms. The molecule has 1 unspecified atom stereocenters. The van der Waals surface area contributed by atoms with Crippen LogP contribution in [-0.2, 0) is 32.6 Å². The van der Waals surface area contributed by atoms with Gasteiger partial charge in [0.2, 0.25) is 11.8 Å². The summed E-state index contributed by atoms with van der Waals surface area (Å²) in [6.45, 7) is 3.36. The highest BCUT2D eigenvalue weighted by Gasteiger charge is 2.34. The maximum absolute atomic E-state index is 14.3. The Morgan fingerprint density at radius 2 is 1.48 bits per heavy atom. The summed E-state index contributed by atoms with van der Waals surface area (Å²) < 4.78 is 30.0. The van der Waals surface area contributed by atoms with Crippen molar-refractivity contribution >= 4 is 43.5 Å². The van der Waals surface area contributed by atoms with E-state index in [0.717, 1.165) is 31.0 Å². The van der Waals surface area contributed by atoms with Gasteiger partial charge in [0.05, 0.1) is 10.6 Å². The zero-order valence-electron chi connectivity index (χ0n) is 23.8. The Hall–Kier alpha value is -3.95. The smallest absolute Gasteiger partial charge is 0.264 e. The molecule has 4 rings (SSSR count). The summed E-state index contributed by atoms with van der Waals surface area (Å²) in [6, 6.07) is 29.6. The van der Waals surface area contributed by atoms with Crippen LogP contribution in [0.5, 0.6) is 0 Å². The molecule has 0 saturated carbocycles. The first kappa shape index (κ1) is 31.0. The number of likely N-dealkylation sites (N-methyl/N-ethyl adjacent to an activating group) is 1. The summed E-state index contributed by atoms with van der Waals surface area (Å²) in [7, 11) is -2.60. The van der Waals surface area contributed by atoms with Crippen molar-refractivity contribution in [3.05, 3.63) is 130 Å². The Kier molecular flexibility index (Phi) is 10.2. The third-order valence-electron chi connectivity index (χ3n) is 6.94. The lowest BCUT2D eigenvalue weighted by Gasteiger charge is -2.33. The number of nitrogens with one attached hydrogen (secondary N) is 1. The van der Waals surface area contributed by atoms with Gasteiger partial charge in [-0.2, -0.15) is 0 Å². The molecule has 2 amide bonds. The van der Waals surface area contributed by atoms with E-state index in [1.54, 1.807) is 42.5 Å². The quantitative estimate of drug-likeness (QED) is 0.228. The van der Waals surface area contributed by atoms with Gasteiger partial charge >= 0.3 is 0 Å². The SMILES string of the molecule is CNC(=O)C(Cc1ccccc1)N(Cc1cccc(Br)c1)C(=O)CN(c1cccc(C)c1)S(=O)(=O)c1ccc(C)cc1. The highest BCUT2D eigenvalue weighted by Crippen LogP contribution is 2.26. The lowest BCUT2D eigenvalue weighted by atomic mass is 10.0. The molecule has 0 aliphatic heterocycles. The fourth-order valence-electron chi connectivity index (χ4n) is 4.70. The van der Waals surface area contributed by atoms with E-state index in [1.807, 2.05) is 74.5 Å². The second-order valence-corrected chi connectivity index (χ2v) is 12.9. The number of benzene rings is 4. The van der Waals surface area contributed by atoms with Gasteiger partial charge in [-0.3, -0.25) is 13.9 Å². The van der Waals surface area contributed by atoms with E-state index in [0.29, 0.717) is 5.69 Å². The average Bonchev–Trinajstić information content (AvgIpc) is 2.98. The zero-order chi connectivity index (χ0) is 30.3. The molecule has 0 aliphatic carbocycles.